The minimum Gasteiger partial charge on any atom is -0.345 e. The molecule has 0 aliphatic carbocycles. The summed E-state index contributed by atoms with van der Waals surface area (Å²) in [6.45, 7) is 3.62. The maximum atomic E-state index is 12.1. The van der Waals surface area contributed by atoms with Crippen LogP contribution in [0.2, 0.25) is 0 Å². The smallest absolute Gasteiger partial charge is 0.248 e. The lowest BCUT2D eigenvalue weighted by Gasteiger charge is -2.12. The van der Waals surface area contributed by atoms with Crippen molar-refractivity contribution in [2.24, 2.45) is 0 Å². The second-order valence-electron chi connectivity index (χ2n) is 5.35. The zero-order valence-corrected chi connectivity index (χ0v) is 15.1. The van der Waals surface area contributed by atoms with Crippen molar-refractivity contribution in [3.8, 4) is 10.6 Å². The molecule has 128 valence electrons. The zero-order chi connectivity index (χ0) is 17.5. The summed E-state index contributed by atoms with van der Waals surface area (Å²) in [5.74, 6) is -0.113. The number of rotatable bonds is 7. The Morgan fingerprint density at radius 3 is 2.83 bits per heavy atom. The summed E-state index contributed by atoms with van der Waals surface area (Å²) in [5.41, 5.74) is 2.08. The first kappa shape index (κ1) is 18.4. The highest BCUT2D eigenvalue weighted by atomic mass is 35.5. The summed E-state index contributed by atoms with van der Waals surface area (Å²) < 4.78 is 0. The molecule has 2 aromatic rings. The average Bonchev–Trinajstić information content (AvgIpc) is 3.01. The van der Waals surface area contributed by atoms with Crippen LogP contribution in [0.4, 0.5) is 5.13 Å². The number of benzene rings is 1. The van der Waals surface area contributed by atoms with Gasteiger partial charge >= 0.3 is 0 Å². The van der Waals surface area contributed by atoms with Gasteiger partial charge in [0.2, 0.25) is 16.9 Å². The third kappa shape index (κ3) is 5.28. The summed E-state index contributed by atoms with van der Waals surface area (Å²) in [7, 11) is 0. The maximum Gasteiger partial charge on any atom is 0.248 e. The second kappa shape index (κ2) is 8.75. The fourth-order valence-corrected chi connectivity index (χ4v) is 2.87. The Kier molecular flexibility index (Phi) is 6.69. The third-order valence-electron chi connectivity index (χ3n) is 3.23. The van der Waals surface area contributed by atoms with E-state index in [9.17, 15) is 9.59 Å². The van der Waals surface area contributed by atoms with Crippen molar-refractivity contribution in [1.82, 2.24) is 15.5 Å². The van der Waals surface area contributed by atoms with Gasteiger partial charge in [-0.3, -0.25) is 14.9 Å². The van der Waals surface area contributed by atoms with E-state index in [1.165, 1.54) is 11.3 Å². The Bertz CT molecular complexity index is 720. The van der Waals surface area contributed by atoms with Crippen molar-refractivity contribution < 1.29 is 9.59 Å². The standard InChI is InChI=1S/C16H19ClN4O2S/c1-10-5-3-6-12(9-10)15-20-21-16(24-15)19-14(23)11(2)18-13(22)7-4-8-17/h3,5-6,9,11H,4,7-8H2,1-2H3,(H,18,22)(H,19,21,23). The Morgan fingerprint density at radius 2 is 2.12 bits per heavy atom. The lowest BCUT2D eigenvalue weighted by Crippen LogP contribution is -2.41. The number of alkyl halides is 1. The van der Waals surface area contributed by atoms with Crippen molar-refractivity contribution in [2.45, 2.75) is 32.7 Å². The molecule has 6 nitrogen and oxygen atoms in total. The lowest BCUT2D eigenvalue weighted by molar-refractivity contribution is -0.126. The van der Waals surface area contributed by atoms with Crippen LogP contribution < -0.4 is 10.6 Å². The number of carbonyl (C=O) groups is 2. The van der Waals surface area contributed by atoms with Crippen LogP contribution in [0.1, 0.15) is 25.3 Å². The molecule has 1 aromatic carbocycles. The summed E-state index contributed by atoms with van der Waals surface area (Å²) in [6.07, 6.45) is 0.884. The fraction of sp³-hybridized carbons (Fsp3) is 0.375. The molecule has 0 radical (unpaired) electrons. The number of anilines is 1. The van der Waals surface area contributed by atoms with E-state index < -0.39 is 6.04 Å². The van der Waals surface area contributed by atoms with E-state index in [-0.39, 0.29) is 11.8 Å². The van der Waals surface area contributed by atoms with E-state index in [0.717, 1.165) is 16.1 Å². The van der Waals surface area contributed by atoms with Gasteiger partial charge in [0.25, 0.3) is 0 Å². The van der Waals surface area contributed by atoms with Crippen molar-refractivity contribution in [2.75, 3.05) is 11.2 Å². The van der Waals surface area contributed by atoms with E-state index in [4.69, 9.17) is 11.6 Å². The number of amides is 2. The first-order valence-electron chi connectivity index (χ1n) is 7.56. The first-order chi connectivity index (χ1) is 11.5. The van der Waals surface area contributed by atoms with Gasteiger partial charge in [-0.1, -0.05) is 35.1 Å². The number of nitrogens with zero attached hydrogens (tertiary/aromatic N) is 2. The largest absolute Gasteiger partial charge is 0.345 e. The van der Waals surface area contributed by atoms with Crippen LogP contribution in [0.15, 0.2) is 24.3 Å². The molecular formula is C16H19ClN4O2S. The van der Waals surface area contributed by atoms with Crippen LogP contribution in [0.5, 0.6) is 0 Å². The number of halogens is 1. The van der Waals surface area contributed by atoms with Gasteiger partial charge in [-0.05, 0) is 26.3 Å². The molecule has 0 saturated heterocycles. The number of aryl methyl sites for hydroxylation is 1. The molecule has 2 N–H and O–H groups in total. The number of hydrogen-bond acceptors (Lipinski definition) is 5. The number of hydrogen-bond donors (Lipinski definition) is 2. The van der Waals surface area contributed by atoms with Gasteiger partial charge < -0.3 is 5.32 Å². The highest BCUT2D eigenvalue weighted by Crippen LogP contribution is 2.26. The van der Waals surface area contributed by atoms with Crippen LogP contribution in [-0.4, -0.2) is 33.9 Å². The molecule has 1 unspecified atom stereocenters. The van der Waals surface area contributed by atoms with Gasteiger partial charge in [-0.2, -0.15) is 0 Å². The van der Waals surface area contributed by atoms with Crippen molar-refractivity contribution in [3.05, 3.63) is 29.8 Å². The van der Waals surface area contributed by atoms with E-state index in [1.807, 2.05) is 31.2 Å². The van der Waals surface area contributed by atoms with Gasteiger partial charge in [-0.25, -0.2) is 0 Å². The quantitative estimate of drug-likeness (QED) is 0.738. The van der Waals surface area contributed by atoms with Crippen LogP contribution >= 0.6 is 22.9 Å². The highest BCUT2D eigenvalue weighted by Gasteiger charge is 2.17. The number of aromatic nitrogens is 2. The lowest BCUT2D eigenvalue weighted by atomic mass is 10.1. The maximum absolute atomic E-state index is 12.1. The molecule has 0 aliphatic rings. The molecule has 0 aliphatic heterocycles. The molecule has 1 heterocycles. The number of nitrogens with one attached hydrogen (secondary N) is 2. The Balaban J connectivity index is 1.94. The summed E-state index contributed by atoms with van der Waals surface area (Å²) in [6, 6.07) is 7.24. The highest BCUT2D eigenvalue weighted by molar-refractivity contribution is 7.18. The Morgan fingerprint density at radius 1 is 1.33 bits per heavy atom. The molecule has 0 fully saturated rings. The van der Waals surface area contributed by atoms with Crippen LogP contribution in [0.3, 0.4) is 0 Å². The van der Waals surface area contributed by atoms with Gasteiger partial charge in [0.15, 0.2) is 0 Å². The third-order valence-corrected chi connectivity index (χ3v) is 4.38. The van der Waals surface area contributed by atoms with Crippen LogP contribution in [0, 0.1) is 6.92 Å². The minimum absolute atomic E-state index is 0.198. The van der Waals surface area contributed by atoms with Gasteiger partial charge in [-0.15, -0.1) is 21.8 Å². The molecule has 1 atom stereocenters. The number of carbonyl (C=O) groups excluding carboxylic acids is 2. The van der Waals surface area contributed by atoms with E-state index >= 15 is 0 Å². The monoisotopic (exact) mass is 366 g/mol. The summed E-state index contributed by atoms with van der Waals surface area (Å²) in [4.78, 5) is 23.7. The van der Waals surface area contributed by atoms with Gasteiger partial charge in [0, 0.05) is 17.9 Å². The van der Waals surface area contributed by atoms with Gasteiger partial charge in [0.1, 0.15) is 11.0 Å². The normalized spacial score (nSPS) is 11.8. The Hall–Kier alpha value is -1.99. The van der Waals surface area contributed by atoms with E-state index in [2.05, 4.69) is 20.8 Å². The molecule has 24 heavy (non-hydrogen) atoms. The molecule has 8 heteroatoms. The summed E-state index contributed by atoms with van der Waals surface area (Å²) in [5, 5.41) is 14.5. The SMILES string of the molecule is Cc1cccc(-c2nnc(NC(=O)C(C)NC(=O)CCCCl)s2)c1. The topological polar surface area (TPSA) is 84.0 Å². The molecule has 2 amide bonds. The predicted molar refractivity (Wildman–Crippen MR) is 96.3 cm³/mol. The van der Waals surface area contributed by atoms with Crippen molar-refractivity contribution in [1.29, 1.82) is 0 Å². The minimum atomic E-state index is -0.654. The zero-order valence-electron chi connectivity index (χ0n) is 13.5. The predicted octanol–water partition coefficient (Wildman–Crippen LogP) is 2.98. The van der Waals surface area contributed by atoms with Crippen molar-refractivity contribution >= 4 is 39.9 Å². The molecule has 0 saturated carbocycles. The van der Waals surface area contributed by atoms with E-state index in [0.29, 0.717) is 23.9 Å². The van der Waals surface area contributed by atoms with Crippen LogP contribution in [0.25, 0.3) is 10.6 Å². The average molecular weight is 367 g/mol. The van der Waals surface area contributed by atoms with Gasteiger partial charge in [0.05, 0.1) is 0 Å². The van der Waals surface area contributed by atoms with E-state index in [1.54, 1.807) is 6.92 Å². The molecule has 1 aromatic heterocycles. The molecule has 0 spiro atoms. The first-order valence-corrected chi connectivity index (χ1v) is 8.91. The summed E-state index contributed by atoms with van der Waals surface area (Å²) >= 11 is 6.83. The molecular weight excluding hydrogens is 348 g/mol. The Labute approximate surface area is 149 Å². The fourth-order valence-electron chi connectivity index (χ4n) is 1.99. The molecule has 0 bridgehead atoms. The van der Waals surface area contributed by atoms with Crippen molar-refractivity contribution in [3.63, 3.8) is 0 Å². The molecule has 2 rings (SSSR count). The second-order valence-corrected chi connectivity index (χ2v) is 6.71. The van der Waals surface area contributed by atoms with Crippen LogP contribution in [-0.2, 0) is 9.59 Å².